The van der Waals surface area contributed by atoms with Gasteiger partial charge in [0.15, 0.2) is 0 Å². The van der Waals surface area contributed by atoms with Gasteiger partial charge >= 0.3 is 0 Å². The van der Waals surface area contributed by atoms with Crippen LogP contribution in [0, 0.1) is 0 Å². The Bertz CT molecular complexity index is 374. The minimum atomic E-state index is 0.206. The zero-order valence-electron chi connectivity index (χ0n) is 10.6. The smallest absolute Gasteiger partial charge is 0.0331 e. The summed E-state index contributed by atoms with van der Waals surface area (Å²) >= 11 is 3.49. The largest absolute Gasteiger partial charge is 0.329 e. The molecule has 0 bridgehead atoms. The summed E-state index contributed by atoms with van der Waals surface area (Å²) in [5, 5.41) is 0. The lowest BCUT2D eigenvalue weighted by atomic mass is 9.91. The van der Waals surface area contributed by atoms with Crippen molar-refractivity contribution in [3.63, 3.8) is 0 Å². The quantitative estimate of drug-likeness (QED) is 0.929. The van der Waals surface area contributed by atoms with Gasteiger partial charge in [0.05, 0.1) is 0 Å². The molecule has 0 amide bonds. The van der Waals surface area contributed by atoms with Gasteiger partial charge in [-0.2, -0.15) is 0 Å². The molecule has 1 aliphatic rings. The van der Waals surface area contributed by atoms with E-state index in [0.717, 1.165) is 11.0 Å². The molecule has 2 N–H and O–H groups in total. The molecule has 0 aliphatic heterocycles. The van der Waals surface area contributed by atoms with Gasteiger partial charge in [-0.15, -0.1) is 0 Å². The Morgan fingerprint density at radius 3 is 2.47 bits per heavy atom. The summed E-state index contributed by atoms with van der Waals surface area (Å²) in [5.74, 6) is 0.661. The third-order valence-electron chi connectivity index (χ3n) is 4.25. The highest BCUT2D eigenvalue weighted by Gasteiger charge is 2.40. The first-order valence-electron chi connectivity index (χ1n) is 6.20. The van der Waals surface area contributed by atoms with E-state index in [1.54, 1.807) is 0 Å². The van der Waals surface area contributed by atoms with E-state index in [2.05, 4.69) is 59.2 Å². The van der Waals surface area contributed by atoms with Crippen LogP contribution >= 0.6 is 15.9 Å². The molecule has 0 spiro atoms. The van der Waals surface area contributed by atoms with Crippen LogP contribution in [0.3, 0.4) is 0 Å². The van der Waals surface area contributed by atoms with Gasteiger partial charge in [0.25, 0.3) is 0 Å². The van der Waals surface area contributed by atoms with E-state index >= 15 is 0 Å². The number of hydrogen-bond acceptors (Lipinski definition) is 2. The Kier molecular flexibility index (Phi) is 3.91. The van der Waals surface area contributed by atoms with Crippen LogP contribution in [-0.2, 0) is 0 Å². The number of nitrogens with zero attached hydrogens (tertiary/aromatic N) is 1. The Morgan fingerprint density at radius 2 is 2.00 bits per heavy atom. The van der Waals surface area contributed by atoms with Crippen molar-refractivity contribution in [2.75, 3.05) is 20.6 Å². The van der Waals surface area contributed by atoms with E-state index in [1.165, 1.54) is 24.8 Å². The molecule has 2 rings (SSSR count). The molecule has 1 aromatic carbocycles. The number of rotatable bonds is 3. The topological polar surface area (TPSA) is 29.3 Å². The van der Waals surface area contributed by atoms with E-state index in [9.17, 15) is 0 Å². The summed E-state index contributed by atoms with van der Waals surface area (Å²) < 4.78 is 1.15. The second-order valence-corrected chi connectivity index (χ2v) is 6.23. The third kappa shape index (κ3) is 2.56. The summed E-state index contributed by atoms with van der Waals surface area (Å²) in [6, 6.07) is 8.73. The highest BCUT2D eigenvalue weighted by atomic mass is 79.9. The van der Waals surface area contributed by atoms with Crippen LogP contribution in [0.4, 0.5) is 0 Å². The maximum Gasteiger partial charge on any atom is 0.0331 e. The average molecular weight is 297 g/mol. The van der Waals surface area contributed by atoms with E-state index in [0.29, 0.717) is 5.92 Å². The molecule has 2 nitrogen and oxygen atoms in total. The highest BCUT2D eigenvalue weighted by molar-refractivity contribution is 9.10. The summed E-state index contributed by atoms with van der Waals surface area (Å²) in [6.45, 7) is 0.757. The molecule has 1 aliphatic carbocycles. The average Bonchev–Trinajstić information content (AvgIpc) is 2.75. The van der Waals surface area contributed by atoms with Crippen LogP contribution in [0.5, 0.6) is 0 Å². The fraction of sp³-hybridized carbons (Fsp3) is 0.571. The number of likely N-dealkylation sites (N-methyl/N-ethyl adjacent to an activating group) is 1. The van der Waals surface area contributed by atoms with Crippen LogP contribution in [0.15, 0.2) is 28.7 Å². The molecule has 2 unspecified atom stereocenters. The van der Waals surface area contributed by atoms with E-state index in [-0.39, 0.29) is 5.54 Å². The molecule has 3 heteroatoms. The Hall–Kier alpha value is -0.380. The van der Waals surface area contributed by atoms with Gasteiger partial charge < -0.3 is 10.6 Å². The molecule has 1 aromatic rings. The molecular weight excluding hydrogens is 276 g/mol. The van der Waals surface area contributed by atoms with E-state index in [1.807, 2.05) is 0 Å². The van der Waals surface area contributed by atoms with Gasteiger partial charge in [0.1, 0.15) is 0 Å². The predicted molar refractivity (Wildman–Crippen MR) is 76.2 cm³/mol. The molecule has 0 saturated heterocycles. The minimum Gasteiger partial charge on any atom is -0.329 e. The van der Waals surface area contributed by atoms with Crippen molar-refractivity contribution in [3.8, 4) is 0 Å². The Labute approximate surface area is 112 Å². The van der Waals surface area contributed by atoms with Crippen LogP contribution in [-0.4, -0.2) is 31.1 Å². The Balaban J connectivity index is 2.14. The van der Waals surface area contributed by atoms with E-state index in [4.69, 9.17) is 5.73 Å². The summed E-state index contributed by atoms with van der Waals surface area (Å²) in [5.41, 5.74) is 7.64. The molecular formula is C14H21BrN2. The van der Waals surface area contributed by atoms with Crippen molar-refractivity contribution in [1.82, 2.24) is 4.90 Å². The SMILES string of the molecule is CN(C)C1(CN)CCC(c2ccc(Br)cc2)C1. The molecule has 1 saturated carbocycles. The minimum absolute atomic E-state index is 0.206. The van der Waals surface area contributed by atoms with Gasteiger partial charge in [-0.05, 0) is 57.0 Å². The maximum atomic E-state index is 5.98. The number of halogens is 1. The van der Waals surface area contributed by atoms with Crippen molar-refractivity contribution in [3.05, 3.63) is 34.3 Å². The van der Waals surface area contributed by atoms with Gasteiger partial charge in [0.2, 0.25) is 0 Å². The number of hydrogen-bond donors (Lipinski definition) is 1. The molecule has 94 valence electrons. The lowest BCUT2D eigenvalue weighted by molar-refractivity contribution is 0.165. The van der Waals surface area contributed by atoms with E-state index < -0.39 is 0 Å². The van der Waals surface area contributed by atoms with Crippen molar-refractivity contribution in [1.29, 1.82) is 0 Å². The normalized spacial score (nSPS) is 28.9. The third-order valence-corrected chi connectivity index (χ3v) is 4.78. The first-order valence-corrected chi connectivity index (χ1v) is 7.00. The number of benzene rings is 1. The van der Waals surface area contributed by atoms with Crippen molar-refractivity contribution >= 4 is 15.9 Å². The first kappa shape index (κ1) is 13.1. The number of nitrogens with two attached hydrogens (primary N) is 1. The lowest BCUT2D eigenvalue weighted by Gasteiger charge is -2.35. The predicted octanol–water partition coefficient (Wildman–Crippen LogP) is 2.98. The zero-order chi connectivity index (χ0) is 12.5. The van der Waals surface area contributed by atoms with Gasteiger partial charge in [-0.25, -0.2) is 0 Å². The highest BCUT2D eigenvalue weighted by Crippen LogP contribution is 2.43. The van der Waals surface area contributed by atoms with Gasteiger partial charge in [0, 0.05) is 16.6 Å². The maximum absolute atomic E-state index is 5.98. The fourth-order valence-electron chi connectivity index (χ4n) is 2.90. The molecule has 17 heavy (non-hydrogen) atoms. The molecule has 0 heterocycles. The zero-order valence-corrected chi connectivity index (χ0v) is 12.2. The summed E-state index contributed by atoms with van der Waals surface area (Å²) in [4.78, 5) is 2.31. The molecule has 1 fully saturated rings. The summed E-state index contributed by atoms with van der Waals surface area (Å²) in [7, 11) is 4.30. The van der Waals surface area contributed by atoms with Crippen LogP contribution in [0.1, 0.15) is 30.7 Å². The molecule has 2 atom stereocenters. The van der Waals surface area contributed by atoms with Crippen LogP contribution in [0.2, 0.25) is 0 Å². The van der Waals surface area contributed by atoms with Crippen LogP contribution < -0.4 is 5.73 Å². The van der Waals surface area contributed by atoms with Gasteiger partial charge in [-0.1, -0.05) is 28.1 Å². The van der Waals surface area contributed by atoms with Crippen molar-refractivity contribution < 1.29 is 0 Å². The molecule has 0 radical (unpaired) electrons. The summed E-state index contributed by atoms with van der Waals surface area (Å²) in [6.07, 6.45) is 3.63. The van der Waals surface area contributed by atoms with Crippen LogP contribution in [0.25, 0.3) is 0 Å². The van der Waals surface area contributed by atoms with Crippen molar-refractivity contribution in [2.24, 2.45) is 5.73 Å². The second-order valence-electron chi connectivity index (χ2n) is 5.31. The first-order chi connectivity index (χ1) is 8.07. The monoisotopic (exact) mass is 296 g/mol. The lowest BCUT2D eigenvalue weighted by Crippen LogP contribution is -2.48. The standard InChI is InChI=1S/C14H21BrN2/c1-17(2)14(10-16)8-7-12(9-14)11-3-5-13(15)6-4-11/h3-6,12H,7-10,16H2,1-2H3. The fourth-order valence-corrected chi connectivity index (χ4v) is 3.16. The Morgan fingerprint density at radius 1 is 1.35 bits per heavy atom. The van der Waals surface area contributed by atoms with Gasteiger partial charge in [-0.3, -0.25) is 0 Å². The van der Waals surface area contributed by atoms with Crippen molar-refractivity contribution in [2.45, 2.75) is 30.7 Å². The molecule has 0 aromatic heterocycles. The second kappa shape index (κ2) is 5.09.